The van der Waals surface area contributed by atoms with Crippen LogP contribution in [0.5, 0.6) is 0 Å². The van der Waals surface area contributed by atoms with E-state index < -0.39 is 10.8 Å². The fourth-order valence-electron chi connectivity index (χ4n) is 12.0. The van der Waals surface area contributed by atoms with E-state index in [2.05, 4.69) is 290 Å². The van der Waals surface area contributed by atoms with Crippen LogP contribution in [-0.4, -0.2) is 0 Å². The summed E-state index contributed by atoms with van der Waals surface area (Å²) in [5.74, 6) is 0. The van der Waals surface area contributed by atoms with E-state index in [0.717, 1.165) is 28.2 Å². The Balaban J connectivity index is 1.10. The van der Waals surface area contributed by atoms with Crippen LogP contribution in [0.15, 0.2) is 285 Å². The molecule has 0 N–H and O–H groups in total. The van der Waals surface area contributed by atoms with E-state index in [-0.39, 0.29) is 0 Å². The average molecular weight is 878 g/mol. The van der Waals surface area contributed by atoms with E-state index in [4.69, 9.17) is 0 Å². The normalized spacial score (nSPS) is 13.4. The van der Waals surface area contributed by atoms with Crippen molar-refractivity contribution in [3.63, 3.8) is 0 Å². The van der Waals surface area contributed by atoms with Gasteiger partial charge in [0.05, 0.1) is 22.2 Å². The van der Waals surface area contributed by atoms with E-state index in [9.17, 15) is 0 Å². The summed E-state index contributed by atoms with van der Waals surface area (Å²) in [5.41, 5.74) is 22.1. The molecule has 69 heavy (non-hydrogen) atoms. The van der Waals surface area contributed by atoms with Crippen molar-refractivity contribution < 1.29 is 0 Å². The van der Waals surface area contributed by atoms with Gasteiger partial charge in [0.15, 0.2) is 0 Å². The number of hydrogen-bond donors (Lipinski definition) is 0. The Kier molecular flexibility index (Phi) is 9.70. The van der Waals surface area contributed by atoms with Crippen LogP contribution < -0.4 is 4.90 Å². The van der Waals surface area contributed by atoms with Gasteiger partial charge in [0.2, 0.25) is 0 Å². The standard InChI is InChI=1S/C68H47N/c1-6-23-48(24-7-1)50-41-46-64(59(47-50)49-25-8-2-9-26-49)69(55-44-42-54(43-45-55)67(51-27-10-3-11-28-51)60-36-19-16-33-56(60)57-34-17-20-37-61(57)67)65-40-22-39-63-66(65)58-35-18-21-38-62(58)68(63,52-29-12-4-13-30-52)53-31-14-5-15-32-53/h1-47H. The topological polar surface area (TPSA) is 3.24 Å². The lowest BCUT2D eigenvalue weighted by molar-refractivity contribution is 0.768. The number of rotatable bonds is 9. The van der Waals surface area contributed by atoms with Crippen molar-refractivity contribution in [2.45, 2.75) is 10.8 Å². The number of fused-ring (bicyclic) bond motifs is 6. The van der Waals surface area contributed by atoms with Crippen molar-refractivity contribution in [2.75, 3.05) is 4.90 Å². The molecule has 0 heterocycles. The Bertz CT molecular complexity index is 3550. The maximum atomic E-state index is 2.54. The molecule has 0 aromatic heterocycles. The van der Waals surface area contributed by atoms with Gasteiger partial charge in [-0.05, 0) is 108 Å². The zero-order valence-corrected chi connectivity index (χ0v) is 38.1. The number of benzene rings is 11. The number of nitrogens with zero attached hydrogens (tertiary/aromatic N) is 1. The molecule has 2 aliphatic rings. The predicted octanol–water partition coefficient (Wildman–Crippen LogP) is 17.2. The van der Waals surface area contributed by atoms with Crippen LogP contribution in [0.2, 0.25) is 0 Å². The third kappa shape index (κ3) is 6.17. The molecule has 324 valence electrons. The molecule has 1 heteroatoms. The van der Waals surface area contributed by atoms with Crippen LogP contribution >= 0.6 is 0 Å². The Labute approximate surface area is 404 Å². The van der Waals surface area contributed by atoms with Crippen LogP contribution in [0.3, 0.4) is 0 Å². The van der Waals surface area contributed by atoms with Crippen LogP contribution in [-0.2, 0) is 10.8 Å². The zero-order chi connectivity index (χ0) is 45.8. The summed E-state index contributed by atoms with van der Waals surface area (Å²) in [6, 6.07) is 106. The van der Waals surface area contributed by atoms with Gasteiger partial charge in [0.25, 0.3) is 0 Å². The first-order valence-electron chi connectivity index (χ1n) is 24.0. The summed E-state index contributed by atoms with van der Waals surface area (Å²) in [4.78, 5) is 2.54. The Morgan fingerprint density at radius 3 is 1.17 bits per heavy atom. The van der Waals surface area contributed by atoms with Crippen LogP contribution in [0, 0.1) is 0 Å². The van der Waals surface area contributed by atoms with Gasteiger partial charge >= 0.3 is 0 Å². The maximum absolute atomic E-state index is 2.54. The summed E-state index contributed by atoms with van der Waals surface area (Å²) in [6.45, 7) is 0. The molecular formula is C68H47N. The van der Waals surface area contributed by atoms with Crippen LogP contribution in [0.1, 0.15) is 44.5 Å². The van der Waals surface area contributed by atoms with Gasteiger partial charge in [0, 0.05) is 16.8 Å². The molecule has 13 rings (SSSR count). The quantitative estimate of drug-likeness (QED) is 0.140. The lowest BCUT2D eigenvalue weighted by Gasteiger charge is -2.35. The van der Waals surface area contributed by atoms with Gasteiger partial charge < -0.3 is 4.90 Å². The molecule has 11 aromatic carbocycles. The summed E-state index contributed by atoms with van der Waals surface area (Å²) in [6.07, 6.45) is 0. The van der Waals surface area contributed by atoms with E-state index in [0.29, 0.717) is 0 Å². The highest BCUT2D eigenvalue weighted by atomic mass is 15.1. The minimum absolute atomic E-state index is 0.512. The largest absolute Gasteiger partial charge is 0.309 e. The smallest absolute Gasteiger partial charge is 0.0714 e. The number of hydrogen-bond acceptors (Lipinski definition) is 1. The van der Waals surface area contributed by atoms with Gasteiger partial charge in [-0.25, -0.2) is 0 Å². The van der Waals surface area contributed by atoms with Gasteiger partial charge in [-0.15, -0.1) is 0 Å². The van der Waals surface area contributed by atoms with Gasteiger partial charge in [-0.1, -0.05) is 255 Å². The summed E-state index contributed by atoms with van der Waals surface area (Å²) < 4.78 is 0. The maximum Gasteiger partial charge on any atom is 0.0714 e. The van der Waals surface area contributed by atoms with Crippen molar-refractivity contribution >= 4 is 17.1 Å². The summed E-state index contributed by atoms with van der Waals surface area (Å²) in [5, 5.41) is 0. The molecule has 0 atom stereocenters. The van der Waals surface area contributed by atoms with E-state index >= 15 is 0 Å². The molecule has 0 fully saturated rings. The molecule has 11 aromatic rings. The van der Waals surface area contributed by atoms with Crippen molar-refractivity contribution in [1.29, 1.82) is 0 Å². The molecule has 0 bridgehead atoms. The van der Waals surface area contributed by atoms with Crippen molar-refractivity contribution in [2.24, 2.45) is 0 Å². The van der Waals surface area contributed by atoms with E-state index in [1.807, 2.05) is 0 Å². The summed E-state index contributed by atoms with van der Waals surface area (Å²) >= 11 is 0. The third-order valence-corrected chi connectivity index (χ3v) is 14.8. The molecular weight excluding hydrogens is 831 g/mol. The lowest BCUT2D eigenvalue weighted by Crippen LogP contribution is -2.28. The Morgan fingerprint density at radius 1 is 0.232 bits per heavy atom. The SMILES string of the molecule is c1ccc(-c2ccc(N(c3ccc(C4(c5ccccc5)c5ccccc5-c5ccccc54)cc3)c3cccc4c3-c3ccccc3C4(c3ccccc3)c3ccccc3)c(-c3ccccc3)c2)cc1. The van der Waals surface area contributed by atoms with Gasteiger partial charge in [-0.2, -0.15) is 0 Å². The fraction of sp³-hybridized carbons (Fsp3) is 0.0294. The highest BCUT2D eigenvalue weighted by molar-refractivity contribution is 6.00. The highest BCUT2D eigenvalue weighted by Gasteiger charge is 2.48. The van der Waals surface area contributed by atoms with Crippen LogP contribution in [0.4, 0.5) is 17.1 Å². The van der Waals surface area contributed by atoms with Crippen LogP contribution in [0.25, 0.3) is 44.5 Å². The molecule has 0 unspecified atom stereocenters. The third-order valence-electron chi connectivity index (χ3n) is 14.8. The second kappa shape index (κ2) is 16.5. The lowest BCUT2D eigenvalue weighted by atomic mass is 9.67. The minimum Gasteiger partial charge on any atom is -0.309 e. The Hall–Kier alpha value is -8.78. The molecule has 2 aliphatic carbocycles. The molecule has 0 radical (unpaired) electrons. The van der Waals surface area contributed by atoms with Crippen molar-refractivity contribution in [1.82, 2.24) is 0 Å². The summed E-state index contributed by atoms with van der Waals surface area (Å²) in [7, 11) is 0. The van der Waals surface area contributed by atoms with Crippen molar-refractivity contribution in [3.8, 4) is 44.5 Å². The van der Waals surface area contributed by atoms with E-state index in [1.54, 1.807) is 0 Å². The molecule has 0 aliphatic heterocycles. The average Bonchev–Trinajstić information content (AvgIpc) is 3.92. The molecule has 0 amide bonds. The van der Waals surface area contributed by atoms with Crippen molar-refractivity contribution in [3.05, 3.63) is 330 Å². The second-order valence-electron chi connectivity index (χ2n) is 18.3. The first kappa shape index (κ1) is 40.5. The fourth-order valence-corrected chi connectivity index (χ4v) is 12.0. The number of anilines is 3. The van der Waals surface area contributed by atoms with Gasteiger partial charge in [0.1, 0.15) is 0 Å². The molecule has 1 nitrogen and oxygen atoms in total. The molecule has 0 saturated heterocycles. The predicted molar refractivity (Wildman–Crippen MR) is 287 cm³/mol. The minimum atomic E-state index is -0.551. The van der Waals surface area contributed by atoms with E-state index in [1.165, 1.54) is 77.9 Å². The monoisotopic (exact) mass is 877 g/mol. The Morgan fingerprint density at radius 2 is 0.638 bits per heavy atom. The second-order valence-corrected chi connectivity index (χ2v) is 18.3. The first-order valence-corrected chi connectivity index (χ1v) is 24.0. The molecule has 0 saturated carbocycles. The molecule has 0 spiro atoms. The van der Waals surface area contributed by atoms with Gasteiger partial charge in [-0.3, -0.25) is 0 Å². The first-order chi connectivity index (χ1) is 34.3. The highest BCUT2D eigenvalue weighted by Crippen LogP contribution is 2.61. The zero-order valence-electron chi connectivity index (χ0n) is 38.1.